The van der Waals surface area contributed by atoms with E-state index in [1.165, 1.54) is 36.8 Å². The second kappa shape index (κ2) is 9.40. The third-order valence-corrected chi connectivity index (χ3v) is 5.12. The molecule has 1 aromatic carbocycles. The quantitative estimate of drug-likeness (QED) is 0.543. The number of ether oxygens (including phenoxy) is 1. The Morgan fingerprint density at radius 3 is 2.62 bits per heavy atom. The minimum Gasteiger partial charge on any atom is -0.494 e. The predicted octanol–water partition coefficient (Wildman–Crippen LogP) is 3.14. The summed E-state index contributed by atoms with van der Waals surface area (Å²) in [6.45, 7) is 2.64. The zero-order valence-electron chi connectivity index (χ0n) is 15.0. The van der Waals surface area contributed by atoms with Crippen LogP contribution >= 0.6 is 0 Å². The molecule has 0 amide bonds. The van der Waals surface area contributed by atoms with E-state index in [1.54, 1.807) is 0 Å². The predicted molar refractivity (Wildman–Crippen MR) is 97.5 cm³/mol. The summed E-state index contributed by atoms with van der Waals surface area (Å²) in [5.74, 6) is 1.26. The van der Waals surface area contributed by atoms with Gasteiger partial charge in [-0.3, -0.25) is 0 Å². The normalized spacial score (nSPS) is 17.1. The lowest BCUT2D eigenvalue weighted by molar-refractivity contribution is 0.108. The molecule has 0 saturated heterocycles. The smallest absolute Gasteiger partial charge is 0.119 e. The fraction of sp³-hybridized carbons (Fsp3) is 0.700. The van der Waals surface area contributed by atoms with Crippen LogP contribution in [0, 0.1) is 0 Å². The lowest BCUT2D eigenvalue weighted by Crippen LogP contribution is -2.48. The molecule has 1 aliphatic carbocycles. The molecule has 0 spiro atoms. The van der Waals surface area contributed by atoms with Crippen molar-refractivity contribution in [1.82, 2.24) is 0 Å². The zero-order valence-corrected chi connectivity index (χ0v) is 15.0. The number of hydrogen-bond donors (Lipinski definition) is 3. The molecule has 2 rings (SSSR count). The van der Waals surface area contributed by atoms with Gasteiger partial charge in [0.1, 0.15) is 5.75 Å². The number of aryl methyl sites for hydroxylation is 1. The number of aliphatic hydroxyl groups excluding tert-OH is 2. The average molecular weight is 335 g/mol. The largest absolute Gasteiger partial charge is 0.494 e. The van der Waals surface area contributed by atoms with Gasteiger partial charge >= 0.3 is 0 Å². The lowest BCUT2D eigenvalue weighted by Gasteiger charge is -2.28. The molecule has 0 unspecified atom stereocenters. The first kappa shape index (κ1) is 19.2. The van der Waals surface area contributed by atoms with Crippen LogP contribution in [0.3, 0.4) is 0 Å². The maximum Gasteiger partial charge on any atom is 0.119 e. The van der Waals surface area contributed by atoms with E-state index in [1.807, 2.05) is 6.07 Å². The van der Waals surface area contributed by atoms with Gasteiger partial charge in [0.2, 0.25) is 0 Å². The van der Waals surface area contributed by atoms with Crippen LogP contribution in [-0.4, -0.2) is 35.6 Å². The van der Waals surface area contributed by atoms with Crippen molar-refractivity contribution in [2.75, 3.05) is 19.8 Å². The van der Waals surface area contributed by atoms with Crippen molar-refractivity contribution >= 4 is 0 Å². The molecule has 4 heteroatoms. The Hall–Kier alpha value is -1.10. The van der Waals surface area contributed by atoms with Crippen molar-refractivity contribution in [2.45, 2.75) is 69.7 Å². The summed E-state index contributed by atoms with van der Waals surface area (Å²) in [5, 5.41) is 18.8. The molecule has 0 radical (unpaired) electrons. The highest BCUT2D eigenvalue weighted by atomic mass is 16.5. The van der Waals surface area contributed by atoms with Crippen LogP contribution in [0.1, 0.15) is 68.9 Å². The number of unbranched alkanes of at least 4 members (excludes halogenated alkanes) is 4. The van der Waals surface area contributed by atoms with Gasteiger partial charge in [-0.25, -0.2) is 0 Å². The summed E-state index contributed by atoms with van der Waals surface area (Å²) in [5.41, 5.74) is 7.78. The van der Waals surface area contributed by atoms with Crippen molar-refractivity contribution in [1.29, 1.82) is 0 Å². The Balaban J connectivity index is 1.86. The molecule has 0 aliphatic heterocycles. The second-order valence-corrected chi connectivity index (χ2v) is 7.24. The summed E-state index contributed by atoms with van der Waals surface area (Å²) in [6.07, 6.45) is 8.88. The van der Waals surface area contributed by atoms with Crippen LogP contribution in [0.4, 0.5) is 0 Å². The fourth-order valence-electron chi connectivity index (χ4n) is 3.55. The molecule has 1 aromatic rings. The molecule has 4 N–H and O–H groups in total. The number of benzene rings is 1. The standard InChI is InChI=1S/C20H33NO3/c1-2-3-4-5-6-11-24-18-9-10-19-16(12-18)7-8-17(19)13-20(21,14-22)15-23/h9-10,12,17,22-23H,2-8,11,13-15,21H2,1H3/t17-/m1/s1. The van der Waals surface area contributed by atoms with Crippen LogP contribution in [0.25, 0.3) is 0 Å². The summed E-state index contributed by atoms with van der Waals surface area (Å²) in [7, 11) is 0. The molecule has 0 saturated carbocycles. The van der Waals surface area contributed by atoms with Gasteiger partial charge in [0.15, 0.2) is 0 Å². The molecule has 1 atom stereocenters. The van der Waals surface area contributed by atoms with Crippen molar-refractivity contribution in [3.05, 3.63) is 29.3 Å². The van der Waals surface area contributed by atoms with Crippen LogP contribution in [-0.2, 0) is 6.42 Å². The molecular weight excluding hydrogens is 302 g/mol. The van der Waals surface area contributed by atoms with E-state index in [0.29, 0.717) is 12.3 Å². The van der Waals surface area contributed by atoms with Crippen molar-refractivity contribution < 1.29 is 14.9 Å². The van der Waals surface area contributed by atoms with Crippen LogP contribution < -0.4 is 10.5 Å². The first-order valence-corrected chi connectivity index (χ1v) is 9.38. The van der Waals surface area contributed by atoms with Gasteiger partial charge in [0, 0.05) is 0 Å². The maximum absolute atomic E-state index is 9.41. The molecule has 0 bridgehead atoms. The Bertz CT molecular complexity index is 500. The Morgan fingerprint density at radius 1 is 1.17 bits per heavy atom. The van der Waals surface area contributed by atoms with Gasteiger partial charge in [0.25, 0.3) is 0 Å². The molecule has 1 aliphatic rings. The highest BCUT2D eigenvalue weighted by Crippen LogP contribution is 2.39. The van der Waals surface area contributed by atoms with E-state index in [4.69, 9.17) is 10.5 Å². The van der Waals surface area contributed by atoms with Gasteiger partial charge in [-0.2, -0.15) is 0 Å². The first-order valence-electron chi connectivity index (χ1n) is 9.38. The molecular formula is C20H33NO3. The Morgan fingerprint density at radius 2 is 1.92 bits per heavy atom. The second-order valence-electron chi connectivity index (χ2n) is 7.24. The molecule has 136 valence electrons. The summed E-state index contributed by atoms with van der Waals surface area (Å²) in [4.78, 5) is 0. The zero-order chi connectivity index (χ0) is 17.4. The monoisotopic (exact) mass is 335 g/mol. The number of aliphatic hydroxyl groups is 2. The lowest BCUT2D eigenvalue weighted by atomic mass is 9.86. The van der Waals surface area contributed by atoms with Crippen molar-refractivity contribution in [3.8, 4) is 5.75 Å². The minimum atomic E-state index is -0.889. The van der Waals surface area contributed by atoms with E-state index in [9.17, 15) is 10.2 Å². The van der Waals surface area contributed by atoms with E-state index in [-0.39, 0.29) is 13.2 Å². The van der Waals surface area contributed by atoms with Crippen molar-refractivity contribution in [2.24, 2.45) is 5.73 Å². The molecule has 24 heavy (non-hydrogen) atoms. The van der Waals surface area contributed by atoms with Gasteiger partial charge in [0.05, 0.1) is 25.4 Å². The van der Waals surface area contributed by atoms with Crippen LogP contribution in [0.2, 0.25) is 0 Å². The van der Waals surface area contributed by atoms with Gasteiger partial charge < -0.3 is 20.7 Å². The van der Waals surface area contributed by atoms with Crippen LogP contribution in [0.15, 0.2) is 18.2 Å². The van der Waals surface area contributed by atoms with E-state index in [2.05, 4.69) is 19.1 Å². The Kier molecular flexibility index (Phi) is 7.53. The van der Waals surface area contributed by atoms with E-state index in [0.717, 1.165) is 31.6 Å². The highest BCUT2D eigenvalue weighted by molar-refractivity contribution is 5.41. The van der Waals surface area contributed by atoms with Gasteiger partial charge in [-0.05, 0) is 54.9 Å². The molecule has 0 heterocycles. The van der Waals surface area contributed by atoms with Crippen molar-refractivity contribution in [3.63, 3.8) is 0 Å². The molecule has 0 fully saturated rings. The summed E-state index contributed by atoms with van der Waals surface area (Å²) < 4.78 is 5.89. The average Bonchev–Trinajstić information content (AvgIpc) is 3.00. The number of nitrogens with two attached hydrogens (primary N) is 1. The third kappa shape index (κ3) is 5.20. The minimum absolute atomic E-state index is 0.186. The fourth-order valence-corrected chi connectivity index (χ4v) is 3.55. The first-order chi connectivity index (χ1) is 11.6. The SMILES string of the molecule is CCCCCCCOc1ccc2c(c1)CC[C@@H]2CC(N)(CO)CO. The maximum atomic E-state index is 9.41. The van der Waals surface area contributed by atoms with E-state index >= 15 is 0 Å². The van der Waals surface area contributed by atoms with Gasteiger partial charge in [-0.15, -0.1) is 0 Å². The topological polar surface area (TPSA) is 75.7 Å². The highest BCUT2D eigenvalue weighted by Gasteiger charge is 2.32. The third-order valence-electron chi connectivity index (χ3n) is 5.12. The van der Waals surface area contributed by atoms with Crippen LogP contribution in [0.5, 0.6) is 5.75 Å². The number of hydrogen-bond acceptors (Lipinski definition) is 4. The summed E-state index contributed by atoms with van der Waals surface area (Å²) >= 11 is 0. The molecule has 4 nitrogen and oxygen atoms in total. The number of rotatable bonds is 11. The number of fused-ring (bicyclic) bond motifs is 1. The summed E-state index contributed by atoms with van der Waals surface area (Å²) in [6, 6.07) is 6.32. The Labute approximate surface area is 146 Å². The van der Waals surface area contributed by atoms with E-state index < -0.39 is 5.54 Å². The van der Waals surface area contributed by atoms with Gasteiger partial charge in [-0.1, -0.05) is 38.7 Å². The molecule has 0 aromatic heterocycles.